The van der Waals surface area contributed by atoms with Crippen LogP contribution in [0.2, 0.25) is 0 Å². The molecule has 4 heteroatoms. The average molecular weight is 176 g/mol. The van der Waals surface area contributed by atoms with Crippen LogP contribution in [-0.2, 0) is 0 Å². The van der Waals surface area contributed by atoms with E-state index in [1.807, 2.05) is 11.8 Å². The van der Waals surface area contributed by atoms with Crippen molar-refractivity contribution in [1.29, 1.82) is 0 Å². The maximum atomic E-state index is 8.20. The lowest BCUT2D eigenvalue weighted by Crippen LogP contribution is -2.12. The first-order valence-electron chi connectivity index (χ1n) is 3.71. The van der Waals surface area contributed by atoms with Crippen LogP contribution in [0.3, 0.4) is 0 Å². The van der Waals surface area contributed by atoms with E-state index in [-0.39, 0.29) is 0 Å². The van der Waals surface area contributed by atoms with E-state index in [1.54, 1.807) is 0 Å². The van der Waals surface area contributed by atoms with Gasteiger partial charge in [-0.2, -0.15) is 11.8 Å². The summed E-state index contributed by atoms with van der Waals surface area (Å²) >= 11 is 1.83. The number of thioether (sulfide) groups is 1. The summed E-state index contributed by atoms with van der Waals surface area (Å²) in [5, 5.41) is 11.1. The van der Waals surface area contributed by atoms with Crippen molar-refractivity contribution in [3.63, 3.8) is 0 Å². The molecule has 0 saturated carbocycles. The molecule has 3 nitrogen and oxygen atoms in total. The molecule has 0 atom stereocenters. The predicted octanol–water partition coefficient (Wildman–Crippen LogP) is 1.51. The van der Waals surface area contributed by atoms with Gasteiger partial charge in [0.2, 0.25) is 0 Å². The van der Waals surface area contributed by atoms with E-state index in [0.29, 0.717) is 18.2 Å². The number of rotatable bonds is 5. The highest BCUT2D eigenvalue weighted by atomic mass is 32.2. The van der Waals surface area contributed by atoms with Gasteiger partial charge in [0, 0.05) is 12.2 Å². The molecule has 0 fully saturated rings. The summed E-state index contributed by atoms with van der Waals surface area (Å²) in [6.07, 6.45) is 0.674. The van der Waals surface area contributed by atoms with Gasteiger partial charge in [-0.1, -0.05) is 19.0 Å². The highest BCUT2D eigenvalue weighted by Gasteiger charge is 1.96. The fraction of sp³-hybridized carbons (Fsp3) is 0.857. The fourth-order valence-corrected chi connectivity index (χ4v) is 1.54. The highest BCUT2D eigenvalue weighted by Crippen LogP contribution is 2.08. The van der Waals surface area contributed by atoms with Crippen LogP contribution < -0.4 is 5.73 Å². The molecule has 0 rings (SSSR count). The average Bonchev–Trinajstić information content (AvgIpc) is 1.97. The Morgan fingerprint density at radius 1 is 1.64 bits per heavy atom. The molecule has 0 saturated heterocycles. The topological polar surface area (TPSA) is 58.6 Å². The zero-order valence-electron chi connectivity index (χ0n) is 7.08. The van der Waals surface area contributed by atoms with Gasteiger partial charge >= 0.3 is 0 Å². The van der Waals surface area contributed by atoms with Crippen LogP contribution >= 0.6 is 11.8 Å². The lowest BCUT2D eigenvalue weighted by atomic mass is 10.3. The predicted molar refractivity (Wildman–Crippen MR) is 50.2 cm³/mol. The largest absolute Gasteiger partial charge is 0.409 e. The molecule has 66 valence electrons. The first-order chi connectivity index (χ1) is 5.16. The minimum atomic E-state index is 0.321. The van der Waals surface area contributed by atoms with E-state index >= 15 is 0 Å². The zero-order valence-corrected chi connectivity index (χ0v) is 7.90. The monoisotopic (exact) mass is 176 g/mol. The van der Waals surface area contributed by atoms with Gasteiger partial charge in [0.05, 0.1) is 0 Å². The van der Waals surface area contributed by atoms with Gasteiger partial charge in [-0.25, -0.2) is 0 Å². The van der Waals surface area contributed by atoms with Crippen LogP contribution in [0.15, 0.2) is 5.16 Å². The van der Waals surface area contributed by atoms with Crippen molar-refractivity contribution in [2.75, 3.05) is 11.5 Å². The summed E-state index contributed by atoms with van der Waals surface area (Å²) in [7, 11) is 0. The van der Waals surface area contributed by atoms with Crippen molar-refractivity contribution in [3.05, 3.63) is 0 Å². The Hall–Kier alpha value is -0.380. The second-order valence-corrected chi connectivity index (χ2v) is 3.96. The minimum Gasteiger partial charge on any atom is -0.409 e. The second kappa shape index (κ2) is 6.34. The Balaban J connectivity index is 3.15. The van der Waals surface area contributed by atoms with E-state index in [2.05, 4.69) is 19.0 Å². The van der Waals surface area contributed by atoms with Crippen LogP contribution in [0.1, 0.15) is 20.3 Å². The number of amidine groups is 1. The van der Waals surface area contributed by atoms with Crippen LogP contribution in [0.5, 0.6) is 0 Å². The number of nitrogens with two attached hydrogens (primary N) is 1. The van der Waals surface area contributed by atoms with Crippen molar-refractivity contribution >= 4 is 17.6 Å². The molecule has 11 heavy (non-hydrogen) atoms. The lowest BCUT2D eigenvalue weighted by molar-refractivity contribution is 0.317. The Kier molecular flexibility index (Phi) is 6.12. The lowest BCUT2D eigenvalue weighted by Gasteiger charge is -2.02. The molecule has 0 aromatic carbocycles. The summed E-state index contributed by atoms with van der Waals surface area (Å²) in [6.45, 7) is 4.35. The van der Waals surface area contributed by atoms with Gasteiger partial charge in [0.15, 0.2) is 0 Å². The standard InChI is InChI=1S/C7H16N2OS/c1-6(2)5-11-4-3-7(8)9-10/h6,10H,3-5H2,1-2H3,(H2,8,9). The maximum absolute atomic E-state index is 8.20. The highest BCUT2D eigenvalue weighted by molar-refractivity contribution is 7.99. The van der Waals surface area contributed by atoms with Gasteiger partial charge in [0.1, 0.15) is 5.84 Å². The third kappa shape index (κ3) is 7.52. The molecule has 0 aliphatic rings. The molecule has 0 aromatic heterocycles. The normalized spacial score (nSPS) is 12.5. The third-order valence-corrected chi connectivity index (χ3v) is 2.48. The van der Waals surface area contributed by atoms with Gasteiger partial charge < -0.3 is 10.9 Å². The summed E-state index contributed by atoms with van der Waals surface area (Å²) in [5.41, 5.74) is 5.28. The molecule has 0 aliphatic heterocycles. The molecule has 0 radical (unpaired) electrons. The zero-order chi connectivity index (χ0) is 8.69. The van der Waals surface area contributed by atoms with E-state index in [4.69, 9.17) is 10.9 Å². The molecule has 3 N–H and O–H groups in total. The van der Waals surface area contributed by atoms with Gasteiger partial charge in [-0.05, 0) is 11.7 Å². The van der Waals surface area contributed by atoms with Gasteiger partial charge in [0.25, 0.3) is 0 Å². The molecular weight excluding hydrogens is 160 g/mol. The Labute approximate surface area is 72.0 Å². The molecule has 0 aromatic rings. The SMILES string of the molecule is CC(C)CSCC/C(N)=N/O. The van der Waals surface area contributed by atoms with Crippen LogP contribution in [-0.4, -0.2) is 22.5 Å². The van der Waals surface area contributed by atoms with Crippen LogP contribution in [0.4, 0.5) is 0 Å². The first kappa shape index (κ1) is 10.6. The summed E-state index contributed by atoms with van der Waals surface area (Å²) in [5.74, 6) is 3.11. The molecule has 0 spiro atoms. The molecule has 0 aliphatic carbocycles. The smallest absolute Gasteiger partial charge is 0.139 e. The fourth-order valence-electron chi connectivity index (χ4n) is 0.546. The Bertz CT molecular complexity index is 126. The third-order valence-electron chi connectivity index (χ3n) is 1.08. The van der Waals surface area contributed by atoms with Gasteiger partial charge in [-0.3, -0.25) is 0 Å². The number of oxime groups is 1. The number of nitrogens with zero attached hydrogens (tertiary/aromatic N) is 1. The minimum absolute atomic E-state index is 0.321. The van der Waals surface area contributed by atoms with Crippen molar-refractivity contribution in [3.8, 4) is 0 Å². The van der Waals surface area contributed by atoms with E-state index < -0.39 is 0 Å². The molecule has 0 unspecified atom stereocenters. The van der Waals surface area contributed by atoms with Crippen molar-refractivity contribution < 1.29 is 5.21 Å². The second-order valence-electron chi connectivity index (χ2n) is 2.81. The number of hydrogen-bond acceptors (Lipinski definition) is 3. The first-order valence-corrected chi connectivity index (χ1v) is 4.86. The number of hydrogen-bond donors (Lipinski definition) is 2. The Morgan fingerprint density at radius 3 is 2.73 bits per heavy atom. The summed E-state index contributed by atoms with van der Waals surface area (Å²) < 4.78 is 0. The molecule has 0 amide bonds. The van der Waals surface area contributed by atoms with Crippen molar-refractivity contribution in [1.82, 2.24) is 0 Å². The van der Waals surface area contributed by atoms with E-state index in [0.717, 1.165) is 11.5 Å². The van der Waals surface area contributed by atoms with E-state index in [1.165, 1.54) is 0 Å². The summed E-state index contributed by atoms with van der Waals surface area (Å²) in [4.78, 5) is 0. The molecule has 0 heterocycles. The van der Waals surface area contributed by atoms with Crippen LogP contribution in [0.25, 0.3) is 0 Å². The molecule has 0 bridgehead atoms. The van der Waals surface area contributed by atoms with Crippen molar-refractivity contribution in [2.45, 2.75) is 20.3 Å². The molecular formula is C7H16N2OS. The summed E-state index contributed by atoms with van der Waals surface area (Å²) in [6, 6.07) is 0. The van der Waals surface area contributed by atoms with Crippen LogP contribution in [0, 0.1) is 5.92 Å². The van der Waals surface area contributed by atoms with Gasteiger partial charge in [-0.15, -0.1) is 0 Å². The Morgan fingerprint density at radius 2 is 2.27 bits per heavy atom. The van der Waals surface area contributed by atoms with Crippen molar-refractivity contribution in [2.24, 2.45) is 16.8 Å². The maximum Gasteiger partial charge on any atom is 0.139 e. The van der Waals surface area contributed by atoms with E-state index in [9.17, 15) is 0 Å². The quantitative estimate of drug-likeness (QED) is 0.219.